The molecule has 0 atom stereocenters. The van der Waals surface area contributed by atoms with Crippen LogP contribution >= 0.6 is 24.0 Å². The fraction of sp³-hybridized carbons (Fsp3) is 0.545. The van der Waals surface area contributed by atoms with Crippen LogP contribution in [-0.4, -0.2) is 43.7 Å². The highest BCUT2D eigenvalue weighted by Crippen LogP contribution is 2.18. The second kappa shape index (κ2) is 14.2. The Hall–Kier alpha value is -1.81. The molecule has 2 aromatic rings. The molecule has 0 amide bonds. The summed E-state index contributed by atoms with van der Waals surface area (Å²) in [5, 5.41) is 6.67. The van der Waals surface area contributed by atoms with Crippen molar-refractivity contribution < 1.29 is 9.15 Å². The van der Waals surface area contributed by atoms with Gasteiger partial charge in [0, 0.05) is 39.0 Å². The number of nitrogens with zero attached hydrogens (tertiary/aromatic N) is 3. The van der Waals surface area contributed by atoms with Crippen LogP contribution in [0.3, 0.4) is 0 Å². The van der Waals surface area contributed by atoms with Crippen LogP contribution in [0.5, 0.6) is 0 Å². The number of anilines is 1. The van der Waals surface area contributed by atoms with E-state index in [2.05, 4.69) is 33.5 Å². The third-order valence-electron chi connectivity index (χ3n) is 4.84. The van der Waals surface area contributed by atoms with E-state index < -0.39 is 0 Å². The largest absolute Gasteiger partial charge is 0.467 e. The summed E-state index contributed by atoms with van der Waals surface area (Å²) in [4.78, 5) is 11.6. The van der Waals surface area contributed by atoms with Crippen molar-refractivity contribution >= 4 is 35.8 Å². The average molecular weight is 527 g/mol. The molecule has 166 valence electrons. The second-order valence-electron chi connectivity index (χ2n) is 7.18. The van der Waals surface area contributed by atoms with Gasteiger partial charge in [-0.15, -0.1) is 24.0 Å². The molecule has 0 aromatic carbocycles. The van der Waals surface area contributed by atoms with Crippen molar-refractivity contribution in [1.82, 2.24) is 15.6 Å². The monoisotopic (exact) mass is 527 g/mol. The van der Waals surface area contributed by atoms with Crippen molar-refractivity contribution in [3.8, 4) is 0 Å². The van der Waals surface area contributed by atoms with Crippen LogP contribution in [0.15, 0.2) is 46.1 Å². The number of rotatable bonds is 10. The normalized spacial score (nSPS) is 14.3. The van der Waals surface area contributed by atoms with Crippen LogP contribution in [0.1, 0.15) is 43.9 Å². The molecule has 1 aliphatic rings. The van der Waals surface area contributed by atoms with Gasteiger partial charge in [0.15, 0.2) is 5.96 Å². The highest BCUT2D eigenvalue weighted by molar-refractivity contribution is 14.0. The number of hydrogen-bond acceptors (Lipinski definition) is 5. The first kappa shape index (κ1) is 24.5. The molecule has 0 saturated carbocycles. The molecular weight excluding hydrogens is 493 g/mol. The molecular formula is C22H34IN5O2. The first-order valence-electron chi connectivity index (χ1n) is 10.7. The summed E-state index contributed by atoms with van der Waals surface area (Å²) >= 11 is 0. The van der Waals surface area contributed by atoms with E-state index in [1.165, 1.54) is 24.8 Å². The number of pyridine rings is 1. The Morgan fingerprint density at radius 2 is 2.10 bits per heavy atom. The van der Waals surface area contributed by atoms with E-state index in [0.29, 0.717) is 19.8 Å². The number of ether oxygens (including phenoxy) is 1. The Labute approximate surface area is 196 Å². The highest BCUT2D eigenvalue weighted by Gasteiger charge is 2.12. The summed E-state index contributed by atoms with van der Waals surface area (Å²) in [6.45, 7) is 7.74. The van der Waals surface area contributed by atoms with E-state index in [0.717, 1.165) is 50.1 Å². The molecule has 3 rings (SSSR count). The van der Waals surface area contributed by atoms with Gasteiger partial charge in [0.2, 0.25) is 0 Å². The number of piperidine rings is 1. The van der Waals surface area contributed by atoms with Crippen LogP contribution in [0.4, 0.5) is 5.82 Å². The van der Waals surface area contributed by atoms with E-state index in [4.69, 9.17) is 14.1 Å². The number of aromatic nitrogens is 1. The molecule has 2 N–H and O–H groups in total. The van der Waals surface area contributed by atoms with Crippen molar-refractivity contribution in [3.63, 3.8) is 0 Å². The Morgan fingerprint density at radius 3 is 2.87 bits per heavy atom. The summed E-state index contributed by atoms with van der Waals surface area (Å²) in [7, 11) is 0. The lowest BCUT2D eigenvalue weighted by Gasteiger charge is -2.27. The average Bonchev–Trinajstić information content (AvgIpc) is 3.29. The van der Waals surface area contributed by atoms with Crippen LogP contribution in [0, 0.1) is 0 Å². The smallest absolute Gasteiger partial charge is 0.191 e. The van der Waals surface area contributed by atoms with E-state index in [1.54, 1.807) is 6.26 Å². The molecule has 7 nitrogen and oxygen atoms in total. The highest BCUT2D eigenvalue weighted by atomic mass is 127. The predicted octanol–water partition coefficient (Wildman–Crippen LogP) is 3.94. The van der Waals surface area contributed by atoms with Gasteiger partial charge in [-0.3, -0.25) is 0 Å². The summed E-state index contributed by atoms with van der Waals surface area (Å²) in [5.74, 6) is 2.76. The van der Waals surface area contributed by atoms with E-state index in [1.807, 2.05) is 24.4 Å². The maximum absolute atomic E-state index is 5.61. The van der Waals surface area contributed by atoms with Gasteiger partial charge < -0.3 is 24.7 Å². The molecule has 0 aliphatic carbocycles. The lowest BCUT2D eigenvalue weighted by molar-refractivity contribution is 0.105. The minimum absolute atomic E-state index is 0. The maximum atomic E-state index is 5.61. The minimum atomic E-state index is 0. The molecule has 8 heteroatoms. The Kier molecular flexibility index (Phi) is 11.6. The number of aliphatic imine (C=N–C) groups is 1. The maximum Gasteiger partial charge on any atom is 0.191 e. The van der Waals surface area contributed by atoms with Gasteiger partial charge in [0.05, 0.1) is 12.8 Å². The molecule has 2 aromatic heterocycles. The summed E-state index contributed by atoms with van der Waals surface area (Å²) in [6.07, 6.45) is 8.29. The van der Waals surface area contributed by atoms with Crippen molar-refractivity contribution in [3.05, 3.63) is 48.0 Å². The zero-order valence-corrected chi connectivity index (χ0v) is 20.1. The van der Waals surface area contributed by atoms with Gasteiger partial charge in [-0.05, 0) is 62.4 Å². The third kappa shape index (κ3) is 8.51. The lowest BCUT2D eigenvalue weighted by Crippen LogP contribution is -2.38. The van der Waals surface area contributed by atoms with E-state index in [-0.39, 0.29) is 24.0 Å². The number of hydrogen-bond donors (Lipinski definition) is 2. The van der Waals surface area contributed by atoms with Crippen molar-refractivity contribution in [2.24, 2.45) is 4.99 Å². The van der Waals surface area contributed by atoms with Crippen LogP contribution in [0.2, 0.25) is 0 Å². The topological polar surface area (TPSA) is 74.9 Å². The van der Waals surface area contributed by atoms with Crippen LogP contribution in [0.25, 0.3) is 0 Å². The summed E-state index contributed by atoms with van der Waals surface area (Å²) < 4.78 is 10.9. The molecule has 0 radical (unpaired) electrons. The lowest BCUT2D eigenvalue weighted by atomic mass is 10.1. The number of nitrogens with one attached hydrogen (secondary N) is 2. The molecule has 1 saturated heterocycles. The van der Waals surface area contributed by atoms with Crippen molar-refractivity contribution in [2.75, 3.05) is 37.7 Å². The molecule has 30 heavy (non-hydrogen) atoms. The Morgan fingerprint density at radius 1 is 1.23 bits per heavy atom. The molecule has 1 fully saturated rings. The second-order valence-corrected chi connectivity index (χ2v) is 7.18. The standard InChI is InChI=1S/C22H33N5O2.HI/c1-2-23-22(25-10-7-14-28-18-20-8-6-15-29-20)26-17-19-9-11-24-21(16-19)27-12-4-3-5-13-27;/h6,8-9,11,15-16H,2-5,7,10,12-14,17-18H2,1H3,(H2,23,25,26);1H. The minimum Gasteiger partial charge on any atom is -0.467 e. The Balaban J connectivity index is 0.00000320. The van der Waals surface area contributed by atoms with Gasteiger partial charge in [0.1, 0.15) is 18.2 Å². The fourth-order valence-electron chi connectivity index (χ4n) is 3.32. The molecule has 1 aliphatic heterocycles. The fourth-order valence-corrected chi connectivity index (χ4v) is 3.32. The van der Waals surface area contributed by atoms with Gasteiger partial charge >= 0.3 is 0 Å². The SMILES string of the molecule is CCNC(=NCc1ccnc(N2CCCCC2)c1)NCCCOCc1ccco1.I. The quantitative estimate of drug-likeness (QED) is 0.211. The van der Waals surface area contributed by atoms with Crippen molar-refractivity contribution in [1.29, 1.82) is 0 Å². The van der Waals surface area contributed by atoms with E-state index >= 15 is 0 Å². The van der Waals surface area contributed by atoms with Crippen LogP contribution in [-0.2, 0) is 17.9 Å². The summed E-state index contributed by atoms with van der Waals surface area (Å²) in [6, 6.07) is 8.01. The Bertz CT molecular complexity index is 733. The predicted molar refractivity (Wildman–Crippen MR) is 132 cm³/mol. The van der Waals surface area contributed by atoms with Crippen LogP contribution < -0.4 is 15.5 Å². The van der Waals surface area contributed by atoms with Gasteiger partial charge in [-0.25, -0.2) is 9.98 Å². The number of halogens is 1. The zero-order chi connectivity index (χ0) is 20.2. The third-order valence-corrected chi connectivity index (χ3v) is 4.84. The molecule has 0 unspecified atom stereocenters. The van der Waals surface area contributed by atoms with Gasteiger partial charge in [-0.1, -0.05) is 0 Å². The molecule has 0 spiro atoms. The van der Waals surface area contributed by atoms with Crippen molar-refractivity contribution in [2.45, 2.75) is 45.8 Å². The number of guanidine groups is 1. The van der Waals surface area contributed by atoms with Gasteiger partial charge in [-0.2, -0.15) is 0 Å². The number of furan rings is 1. The van der Waals surface area contributed by atoms with E-state index in [9.17, 15) is 0 Å². The zero-order valence-electron chi connectivity index (χ0n) is 17.8. The molecule has 0 bridgehead atoms. The van der Waals surface area contributed by atoms with Gasteiger partial charge in [0.25, 0.3) is 0 Å². The first-order valence-corrected chi connectivity index (χ1v) is 10.7. The first-order chi connectivity index (χ1) is 14.3. The summed E-state index contributed by atoms with van der Waals surface area (Å²) in [5.41, 5.74) is 1.18. The molecule has 3 heterocycles.